The molecule has 3 rings (SSSR count). The molecule has 102 valence electrons. The highest BCUT2D eigenvalue weighted by atomic mass is 16.5. The van der Waals surface area contributed by atoms with Gasteiger partial charge in [0.05, 0.1) is 6.20 Å². The number of hydrogen-bond acceptors (Lipinski definition) is 4. The molecule has 3 aromatic rings. The highest BCUT2D eigenvalue weighted by molar-refractivity contribution is 5.87. The maximum absolute atomic E-state index is 5.87. The lowest BCUT2D eigenvalue weighted by molar-refractivity contribution is 0.247. The molecule has 0 bridgehead atoms. The molecule has 0 aliphatic rings. The predicted molar refractivity (Wildman–Crippen MR) is 77.5 cm³/mol. The predicted octanol–water partition coefficient (Wildman–Crippen LogP) is 3.13. The number of aromatic nitrogens is 1. The molecule has 0 aliphatic carbocycles. The Labute approximate surface area is 117 Å². The largest absolute Gasteiger partial charge is 0.485 e. The first-order chi connectivity index (χ1) is 9.88. The summed E-state index contributed by atoms with van der Waals surface area (Å²) in [6, 6.07) is 14.2. The first-order valence-electron chi connectivity index (χ1n) is 6.56. The van der Waals surface area contributed by atoms with Crippen molar-refractivity contribution in [3.8, 4) is 5.75 Å². The van der Waals surface area contributed by atoms with Gasteiger partial charge < -0.3 is 14.6 Å². The number of fused-ring (bicyclic) bond motifs is 1. The topological polar surface area (TPSA) is 47.3 Å². The van der Waals surface area contributed by atoms with Crippen LogP contribution < -0.4 is 10.1 Å². The van der Waals surface area contributed by atoms with Gasteiger partial charge in [-0.3, -0.25) is 0 Å². The van der Waals surface area contributed by atoms with Gasteiger partial charge in [-0.05, 0) is 23.9 Å². The summed E-state index contributed by atoms with van der Waals surface area (Å²) in [5.41, 5.74) is 1.16. The molecule has 1 aromatic heterocycles. The van der Waals surface area contributed by atoms with Gasteiger partial charge in [-0.1, -0.05) is 35.5 Å². The second kappa shape index (κ2) is 5.75. The Hall–Kier alpha value is -2.33. The number of benzene rings is 2. The van der Waals surface area contributed by atoms with E-state index in [1.165, 1.54) is 10.8 Å². The highest BCUT2D eigenvalue weighted by Gasteiger charge is 2.09. The average Bonchev–Trinajstić information content (AvgIpc) is 3.00. The molecule has 0 spiro atoms. The summed E-state index contributed by atoms with van der Waals surface area (Å²) in [6.45, 7) is 1.14. The zero-order valence-corrected chi connectivity index (χ0v) is 11.3. The zero-order chi connectivity index (χ0) is 13.8. The van der Waals surface area contributed by atoms with Crippen molar-refractivity contribution in [1.29, 1.82) is 0 Å². The Morgan fingerprint density at radius 1 is 1.15 bits per heavy atom. The second-order valence-electron chi connectivity index (χ2n) is 4.56. The molecule has 0 atom stereocenters. The van der Waals surface area contributed by atoms with Crippen LogP contribution in [-0.2, 0) is 13.2 Å². The summed E-state index contributed by atoms with van der Waals surface area (Å²) >= 11 is 0. The molecule has 0 fully saturated rings. The average molecular weight is 268 g/mol. The van der Waals surface area contributed by atoms with Gasteiger partial charge in [0, 0.05) is 18.2 Å². The molecule has 1 heterocycles. The van der Waals surface area contributed by atoms with E-state index in [1.807, 2.05) is 25.2 Å². The molecule has 0 radical (unpaired) electrons. The molecule has 0 aliphatic heterocycles. The summed E-state index contributed by atoms with van der Waals surface area (Å²) in [7, 11) is 1.93. The SMILES string of the molecule is CNCc1c(OCc2ccno2)ccc2ccccc12. The van der Waals surface area contributed by atoms with E-state index in [9.17, 15) is 0 Å². The Balaban J connectivity index is 1.94. The third kappa shape index (κ3) is 2.51. The molecular weight excluding hydrogens is 252 g/mol. The van der Waals surface area contributed by atoms with Crippen LogP contribution in [-0.4, -0.2) is 12.2 Å². The smallest absolute Gasteiger partial charge is 0.174 e. The van der Waals surface area contributed by atoms with Crippen molar-refractivity contribution in [2.75, 3.05) is 7.05 Å². The van der Waals surface area contributed by atoms with E-state index in [0.717, 1.165) is 17.9 Å². The Morgan fingerprint density at radius 2 is 2.05 bits per heavy atom. The van der Waals surface area contributed by atoms with Crippen molar-refractivity contribution < 1.29 is 9.26 Å². The fourth-order valence-corrected chi connectivity index (χ4v) is 2.28. The number of nitrogens with one attached hydrogen (secondary N) is 1. The van der Waals surface area contributed by atoms with Crippen molar-refractivity contribution in [3.63, 3.8) is 0 Å². The van der Waals surface area contributed by atoms with Gasteiger partial charge in [0.25, 0.3) is 0 Å². The van der Waals surface area contributed by atoms with Crippen LogP contribution in [0, 0.1) is 0 Å². The molecule has 0 unspecified atom stereocenters. The van der Waals surface area contributed by atoms with Crippen LogP contribution in [0.1, 0.15) is 11.3 Å². The molecule has 0 saturated heterocycles. The summed E-state index contributed by atoms with van der Waals surface area (Å²) in [5, 5.41) is 9.29. The maximum atomic E-state index is 5.87. The van der Waals surface area contributed by atoms with E-state index in [4.69, 9.17) is 9.26 Å². The van der Waals surface area contributed by atoms with E-state index >= 15 is 0 Å². The van der Waals surface area contributed by atoms with Crippen LogP contribution >= 0.6 is 0 Å². The second-order valence-corrected chi connectivity index (χ2v) is 4.56. The standard InChI is InChI=1S/C16H16N2O2/c1-17-10-15-14-5-3-2-4-12(14)6-7-16(15)19-11-13-8-9-18-20-13/h2-9,17H,10-11H2,1H3. The summed E-state index contributed by atoms with van der Waals surface area (Å²) in [6.07, 6.45) is 1.62. The van der Waals surface area contributed by atoms with E-state index in [1.54, 1.807) is 12.3 Å². The zero-order valence-electron chi connectivity index (χ0n) is 11.3. The Kier molecular flexibility index (Phi) is 3.65. The van der Waals surface area contributed by atoms with E-state index in [0.29, 0.717) is 12.4 Å². The fourth-order valence-electron chi connectivity index (χ4n) is 2.28. The summed E-state index contributed by atoms with van der Waals surface area (Å²) < 4.78 is 10.9. The van der Waals surface area contributed by atoms with Gasteiger partial charge >= 0.3 is 0 Å². The van der Waals surface area contributed by atoms with E-state index < -0.39 is 0 Å². The minimum absolute atomic E-state index is 0.384. The minimum atomic E-state index is 0.384. The summed E-state index contributed by atoms with van der Waals surface area (Å²) in [4.78, 5) is 0. The number of hydrogen-bond donors (Lipinski definition) is 1. The van der Waals surface area contributed by atoms with Crippen LogP contribution in [0.3, 0.4) is 0 Å². The lowest BCUT2D eigenvalue weighted by atomic mass is 10.0. The fraction of sp³-hybridized carbons (Fsp3) is 0.188. The minimum Gasteiger partial charge on any atom is -0.485 e. The number of rotatable bonds is 5. The van der Waals surface area contributed by atoms with Crippen LogP contribution in [0.25, 0.3) is 10.8 Å². The third-order valence-electron chi connectivity index (χ3n) is 3.21. The highest BCUT2D eigenvalue weighted by Crippen LogP contribution is 2.28. The van der Waals surface area contributed by atoms with Crippen molar-refractivity contribution in [2.45, 2.75) is 13.2 Å². The monoisotopic (exact) mass is 268 g/mol. The lowest BCUT2D eigenvalue weighted by Gasteiger charge is -2.13. The molecule has 2 aromatic carbocycles. The molecule has 4 nitrogen and oxygen atoms in total. The molecular formula is C16H16N2O2. The van der Waals surface area contributed by atoms with E-state index in [2.05, 4.69) is 28.7 Å². The van der Waals surface area contributed by atoms with Crippen LogP contribution in [0.5, 0.6) is 5.75 Å². The normalized spacial score (nSPS) is 10.8. The van der Waals surface area contributed by atoms with Gasteiger partial charge in [-0.2, -0.15) is 0 Å². The van der Waals surface area contributed by atoms with Gasteiger partial charge in [-0.25, -0.2) is 0 Å². The molecule has 0 amide bonds. The first-order valence-corrected chi connectivity index (χ1v) is 6.56. The van der Waals surface area contributed by atoms with Gasteiger partial charge in [-0.15, -0.1) is 0 Å². The number of ether oxygens (including phenoxy) is 1. The van der Waals surface area contributed by atoms with E-state index in [-0.39, 0.29) is 0 Å². The Bertz CT molecular complexity index is 693. The van der Waals surface area contributed by atoms with Gasteiger partial charge in [0.1, 0.15) is 12.4 Å². The number of nitrogens with zero attached hydrogens (tertiary/aromatic N) is 1. The Morgan fingerprint density at radius 3 is 2.85 bits per heavy atom. The van der Waals surface area contributed by atoms with Crippen LogP contribution in [0.4, 0.5) is 0 Å². The molecule has 4 heteroatoms. The molecule has 20 heavy (non-hydrogen) atoms. The maximum Gasteiger partial charge on any atom is 0.174 e. The molecule has 0 saturated carbocycles. The van der Waals surface area contributed by atoms with Crippen LogP contribution in [0.15, 0.2) is 53.2 Å². The van der Waals surface area contributed by atoms with Crippen molar-refractivity contribution in [2.24, 2.45) is 0 Å². The van der Waals surface area contributed by atoms with Gasteiger partial charge in [0.2, 0.25) is 0 Å². The third-order valence-corrected chi connectivity index (χ3v) is 3.21. The summed E-state index contributed by atoms with van der Waals surface area (Å²) in [5.74, 6) is 1.59. The molecule has 1 N–H and O–H groups in total. The van der Waals surface area contributed by atoms with Crippen molar-refractivity contribution in [1.82, 2.24) is 10.5 Å². The lowest BCUT2D eigenvalue weighted by Crippen LogP contribution is -2.08. The van der Waals surface area contributed by atoms with Crippen molar-refractivity contribution in [3.05, 3.63) is 60.0 Å². The van der Waals surface area contributed by atoms with Gasteiger partial charge in [0.15, 0.2) is 5.76 Å². The van der Waals surface area contributed by atoms with Crippen molar-refractivity contribution >= 4 is 10.8 Å². The quantitative estimate of drug-likeness (QED) is 0.772. The van der Waals surface area contributed by atoms with Crippen LogP contribution in [0.2, 0.25) is 0 Å². The first kappa shape index (κ1) is 12.7.